The fourth-order valence-corrected chi connectivity index (χ4v) is 4.53. The lowest BCUT2D eigenvalue weighted by atomic mass is 10.0. The maximum absolute atomic E-state index is 13.2. The summed E-state index contributed by atoms with van der Waals surface area (Å²) in [6.45, 7) is 11.6. The molecule has 1 amide bonds. The van der Waals surface area contributed by atoms with E-state index in [-0.39, 0.29) is 17.4 Å². The van der Waals surface area contributed by atoms with Crippen molar-refractivity contribution in [2.75, 3.05) is 11.9 Å². The number of hydrogen-bond acceptors (Lipinski definition) is 6. The number of ether oxygens (including phenoxy) is 1. The number of aromatic nitrogens is 2. The van der Waals surface area contributed by atoms with E-state index in [4.69, 9.17) is 4.74 Å². The molecule has 0 aliphatic carbocycles. The molecule has 0 spiro atoms. The van der Waals surface area contributed by atoms with E-state index < -0.39 is 12.0 Å². The smallest absolute Gasteiger partial charge is 0.350 e. The van der Waals surface area contributed by atoms with E-state index in [1.807, 2.05) is 52.8 Å². The summed E-state index contributed by atoms with van der Waals surface area (Å²) < 4.78 is 6.85. The summed E-state index contributed by atoms with van der Waals surface area (Å²) in [6.07, 6.45) is 0.422. The third-order valence-corrected chi connectivity index (χ3v) is 6.29. The van der Waals surface area contributed by atoms with Gasteiger partial charge in [0.05, 0.1) is 17.8 Å². The predicted molar refractivity (Wildman–Crippen MR) is 128 cm³/mol. The summed E-state index contributed by atoms with van der Waals surface area (Å²) in [4.78, 5) is 43.2. The van der Waals surface area contributed by atoms with Gasteiger partial charge >= 0.3 is 5.97 Å². The highest BCUT2D eigenvalue weighted by molar-refractivity contribution is 7.17. The number of nitrogens with zero attached hydrogens (tertiary/aromatic N) is 2. The second kappa shape index (κ2) is 9.65. The monoisotopic (exact) mass is 455 g/mol. The van der Waals surface area contributed by atoms with Crippen LogP contribution in [0.4, 0.5) is 5.13 Å². The number of aryl methyl sites for hydroxylation is 3. The zero-order chi connectivity index (χ0) is 23.6. The van der Waals surface area contributed by atoms with Gasteiger partial charge in [-0.15, -0.1) is 0 Å². The number of anilines is 1. The van der Waals surface area contributed by atoms with Crippen molar-refractivity contribution in [1.29, 1.82) is 0 Å². The highest BCUT2D eigenvalue weighted by Crippen LogP contribution is 2.27. The van der Waals surface area contributed by atoms with Crippen molar-refractivity contribution < 1.29 is 14.3 Å². The second-order valence-corrected chi connectivity index (χ2v) is 9.34. The van der Waals surface area contributed by atoms with Gasteiger partial charge in [0, 0.05) is 11.5 Å². The summed E-state index contributed by atoms with van der Waals surface area (Å²) in [5.74, 6) is -0.570. The lowest BCUT2D eigenvalue weighted by molar-refractivity contribution is -0.119. The molecule has 8 heteroatoms. The molecule has 3 rings (SSSR count). The average Bonchev–Trinajstić information content (AvgIpc) is 3.09. The van der Waals surface area contributed by atoms with Crippen LogP contribution in [0.3, 0.4) is 0 Å². The van der Waals surface area contributed by atoms with E-state index in [9.17, 15) is 14.4 Å². The Hall–Kier alpha value is -3.00. The number of pyridine rings is 1. The molecule has 170 valence electrons. The number of fused-ring (bicyclic) bond motifs is 1. The van der Waals surface area contributed by atoms with E-state index in [0.717, 1.165) is 33.4 Å². The van der Waals surface area contributed by atoms with Crippen molar-refractivity contribution in [3.63, 3.8) is 0 Å². The molecule has 1 atom stereocenters. The number of carbonyl (C=O) groups excluding carboxylic acids is 2. The lowest BCUT2D eigenvalue weighted by Crippen LogP contribution is -2.33. The molecule has 1 N–H and O–H groups in total. The van der Waals surface area contributed by atoms with Crippen LogP contribution in [0.15, 0.2) is 29.1 Å². The highest BCUT2D eigenvalue weighted by atomic mass is 32.1. The molecule has 0 aliphatic heterocycles. The van der Waals surface area contributed by atoms with Crippen LogP contribution in [0.2, 0.25) is 0 Å². The van der Waals surface area contributed by atoms with E-state index in [0.29, 0.717) is 28.7 Å². The van der Waals surface area contributed by atoms with Crippen molar-refractivity contribution in [2.24, 2.45) is 5.92 Å². The SMILES string of the molecule is CCC(C(=O)Nc1nc(C)c(C(=O)OCC(C)C)s1)n1c(=O)cc(C)c2cccc(C)c21. The van der Waals surface area contributed by atoms with Gasteiger partial charge in [-0.1, -0.05) is 50.3 Å². The van der Waals surface area contributed by atoms with Crippen LogP contribution in [0, 0.1) is 26.7 Å². The third kappa shape index (κ3) is 4.75. The maximum Gasteiger partial charge on any atom is 0.350 e. The van der Waals surface area contributed by atoms with Crippen LogP contribution in [0.25, 0.3) is 10.9 Å². The van der Waals surface area contributed by atoms with Crippen LogP contribution in [0.1, 0.15) is 59.7 Å². The van der Waals surface area contributed by atoms with Crippen LogP contribution in [0.5, 0.6) is 0 Å². The Morgan fingerprint density at radius 1 is 1.19 bits per heavy atom. The van der Waals surface area contributed by atoms with Crippen molar-refractivity contribution >= 4 is 39.2 Å². The van der Waals surface area contributed by atoms with E-state index >= 15 is 0 Å². The first kappa shape index (κ1) is 23.7. The third-order valence-electron chi connectivity index (χ3n) is 5.24. The molecule has 0 aliphatic rings. The van der Waals surface area contributed by atoms with Crippen molar-refractivity contribution in [3.8, 4) is 0 Å². The first-order chi connectivity index (χ1) is 15.1. The zero-order valence-electron chi connectivity index (χ0n) is 19.3. The molecule has 7 nitrogen and oxygen atoms in total. The Morgan fingerprint density at radius 3 is 2.56 bits per heavy atom. The summed E-state index contributed by atoms with van der Waals surface area (Å²) in [5.41, 5.74) is 2.84. The molecule has 2 aromatic heterocycles. The summed E-state index contributed by atoms with van der Waals surface area (Å²) in [5, 5.41) is 4.05. The Bertz CT molecular complexity index is 1230. The quantitative estimate of drug-likeness (QED) is 0.518. The topological polar surface area (TPSA) is 90.3 Å². The van der Waals surface area contributed by atoms with Gasteiger partial charge in [0.25, 0.3) is 5.56 Å². The molecular formula is C24H29N3O4S. The highest BCUT2D eigenvalue weighted by Gasteiger charge is 2.25. The van der Waals surface area contributed by atoms with Crippen LogP contribution in [-0.4, -0.2) is 28.0 Å². The van der Waals surface area contributed by atoms with Crippen LogP contribution < -0.4 is 10.9 Å². The number of amides is 1. The molecule has 2 heterocycles. The van der Waals surface area contributed by atoms with Crippen molar-refractivity contribution in [3.05, 3.63) is 56.3 Å². The lowest BCUT2D eigenvalue weighted by Gasteiger charge is -2.21. The van der Waals surface area contributed by atoms with Crippen LogP contribution in [-0.2, 0) is 9.53 Å². The maximum atomic E-state index is 13.2. The first-order valence-electron chi connectivity index (χ1n) is 10.7. The zero-order valence-corrected chi connectivity index (χ0v) is 20.1. The fourth-order valence-electron chi connectivity index (χ4n) is 3.67. The summed E-state index contributed by atoms with van der Waals surface area (Å²) in [7, 11) is 0. The average molecular weight is 456 g/mol. The number of benzene rings is 1. The fraction of sp³-hybridized carbons (Fsp3) is 0.417. The molecule has 3 aromatic rings. The van der Waals surface area contributed by atoms with E-state index in [1.165, 1.54) is 0 Å². The predicted octanol–water partition coefficient (Wildman–Crippen LogP) is 4.79. The minimum atomic E-state index is -0.716. The number of nitrogens with one attached hydrogen (secondary N) is 1. The van der Waals surface area contributed by atoms with Gasteiger partial charge in [-0.2, -0.15) is 0 Å². The van der Waals surface area contributed by atoms with Gasteiger partial charge < -0.3 is 10.1 Å². The van der Waals surface area contributed by atoms with Gasteiger partial charge in [-0.25, -0.2) is 9.78 Å². The molecule has 0 radical (unpaired) electrons. The van der Waals surface area contributed by atoms with E-state index in [1.54, 1.807) is 17.6 Å². The molecule has 0 saturated heterocycles. The minimum Gasteiger partial charge on any atom is -0.461 e. The minimum absolute atomic E-state index is 0.223. The largest absolute Gasteiger partial charge is 0.461 e. The number of thiazole rings is 1. The molecule has 0 bridgehead atoms. The Kier molecular flexibility index (Phi) is 7.13. The van der Waals surface area contributed by atoms with Crippen LogP contribution >= 0.6 is 11.3 Å². The van der Waals surface area contributed by atoms with Crippen molar-refractivity contribution in [2.45, 2.75) is 54.0 Å². The number of hydrogen-bond donors (Lipinski definition) is 1. The number of carbonyl (C=O) groups is 2. The van der Waals surface area contributed by atoms with Gasteiger partial charge in [-0.3, -0.25) is 14.2 Å². The standard InChI is InChI=1S/C24H29N3O4S/c1-7-18(27-19(28)11-15(5)17-10-8-9-14(4)20(17)27)22(29)26-24-25-16(6)21(32-24)23(30)31-12-13(2)3/h8-11,13,18H,7,12H2,1-6H3,(H,25,26,29). The molecule has 1 unspecified atom stereocenters. The molecule has 1 aromatic carbocycles. The summed E-state index contributed by atoms with van der Waals surface area (Å²) >= 11 is 1.08. The Balaban J connectivity index is 1.93. The van der Waals surface area contributed by atoms with Gasteiger partial charge in [0.15, 0.2) is 5.13 Å². The normalized spacial score (nSPS) is 12.2. The van der Waals surface area contributed by atoms with E-state index in [2.05, 4.69) is 10.3 Å². The Morgan fingerprint density at radius 2 is 1.91 bits per heavy atom. The van der Waals surface area contributed by atoms with Gasteiger partial charge in [0.2, 0.25) is 5.91 Å². The molecule has 0 fully saturated rings. The first-order valence-corrected chi connectivity index (χ1v) is 11.5. The Labute approximate surface area is 191 Å². The summed E-state index contributed by atoms with van der Waals surface area (Å²) in [6, 6.07) is 6.68. The molecule has 0 saturated carbocycles. The second-order valence-electron chi connectivity index (χ2n) is 8.35. The number of esters is 1. The molecular weight excluding hydrogens is 426 g/mol. The number of para-hydroxylation sites is 1. The molecule has 32 heavy (non-hydrogen) atoms. The van der Waals surface area contributed by atoms with Gasteiger partial charge in [-0.05, 0) is 44.2 Å². The number of rotatable bonds is 7. The van der Waals surface area contributed by atoms with Gasteiger partial charge in [0.1, 0.15) is 10.9 Å². The van der Waals surface area contributed by atoms with Crippen molar-refractivity contribution in [1.82, 2.24) is 9.55 Å².